The number of methoxy groups -OCH3 is 1. The molecule has 0 saturated carbocycles. The Bertz CT molecular complexity index is 420. The molecule has 0 aromatic heterocycles. The lowest BCUT2D eigenvalue weighted by Gasteiger charge is -2.13. The fourth-order valence-electron chi connectivity index (χ4n) is 1.98. The van der Waals surface area contributed by atoms with Crippen LogP contribution in [0.15, 0.2) is 36.4 Å². The zero-order valence-corrected chi connectivity index (χ0v) is 10.6. The molecule has 0 saturated heterocycles. The van der Waals surface area contributed by atoms with E-state index in [0.29, 0.717) is 5.56 Å². The van der Waals surface area contributed by atoms with Gasteiger partial charge in [0.05, 0.1) is 12.7 Å². The smallest absolute Gasteiger partial charge is 0.338 e. The van der Waals surface area contributed by atoms with Crippen LogP contribution in [0, 0.1) is 0 Å². The number of allylic oxidation sites excluding steroid dienone is 1. The Hall–Kier alpha value is -1.77. The van der Waals surface area contributed by atoms with Gasteiger partial charge in [-0.15, -0.1) is 0 Å². The Morgan fingerprint density at radius 1 is 1.22 bits per heavy atom. The van der Waals surface area contributed by atoms with Crippen LogP contribution in [-0.4, -0.2) is 19.2 Å². The average molecular weight is 246 g/mol. The summed E-state index contributed by atoms with van der Waals surface area (Å²) in [6, 6.07) is 6.97. The lowest BCUT2D eigenvalue weighted by Crippen LogP contribution is -2.15. The van der Waals surface area contributed by atoms with Gasteiger partial charge in [0, 0.05) is 0 Å². The van der Waals surface area contributed by atoms with E-state index in [1.165, 1.54) is 6.42 Å². The van der Waals surface area contributed by atoms with E-state index in [-0.39, 0.29) is 12.1 Å². The fraction of sp³-hybridized carbons (Fsp3) is 0.400. The summed E-state index contributed by atoms with van der Waals surface area (Å²) in [4.78, 5) is 11.9. The van der Waals surface area contributed by atoms with E-state index in [9.17, 15) is 4.79 Å². The Labute approximate surface area is 107 Å². The van der Waals surface area contributed by atoms with Crippen molar-refractivity contribution in [3.8, 4) is 5.75 Å². The van der Waals surface area contributed by atoms with E-state index in [1.54, 1.807) is 31.4 Å². The minimum Gasteiger partial charge on any atom is -0.497 e. The topological polar surface area (TPSA) is 35.5 Å². The van der Waals surface area contributed by atoms with Crippen molar-refractivity contribution in [2.75, 3.05) is 7.11 Å². The Kier molecular flexibility index (Phi) is 4.40. The molecule has 3 heteroatoms. The third-order valence-electron chi connectivity index (χ3n) is 3.04. The molecule has 3 nitrogen and oxygen atoms in total. The number of ether oxygens (including phenoxy) is 2. The summed E-state index contributed by atoms with van der Waals surface area (Å²) in [5, 5.41) is 0. The zero-order valence-electron chi connectivity index (χ0n) is 10.6. The van der Waals surface area contributed by atoms with Crippen LogP contribution in [0.1, 0.15) is 36.0 Å². The van der Waals surface area contributed by atoms with Crippen molar-refractivity contribution in [3.63, 3.8) is 0 Å². The highest BCUT2D eigenvalue weighted by molar-refractivity contribution is 5.89. The molecule has 1 aliphatic carbocycles. The largest absolute Gasteiger partial charge is 0.497 e. The van der Waals surface area contributed by atoms with Crippen LogP contribution in [0.3, 0.4) is 0 Å². The molecule has 0 amide bonds. The summed E-state index contributed by atoms with van der Waals surface area (Å²) < 4.78 is 10.5. The summed E-state index contributed by atoms with van der Waals surface area (Å²) in [5.41, 5.74) is 0.563. The molecule has 0 radical (unpaired) electrons. The van der Waals surface area contributed by atoms with Gasteiger partial charge in [-0.2, -0.15) is 0 Å². The minimum absolute atomic E-state index is 0.0814. The number of esters is 1. The van der Waals surface area contributed by atoms with Gasteiger partial charge in [-0.3, -0.25) is 0 Å². The van der Waals surface area contributed by atoms with Gasteiger partial charge in [0.15, 0.2) is 0 Å². The molecule has 2 rings (SSSR count). The molecule has 0 heterocycles. The number of hydrogen-bond acceptors (Lipinski definition) is 3. The van der Waals surface area contributed by atoms with Gasteiger partial charge >= 0.3 is 5.97 Å². The molecule has 1 aliphatic rings. The molecule has 0 bridgehead atoms. The highest BCUT2D eigenvalue weighted by Gasteiger charge is 2.14. The van der Waals surface area contributed by atoms with Crippen molar-refractivity contribution < 1.29 is 14.3 Å². The van der Waals surface area contributed by atoms with Crippen LogP contribution < -0.4 is 4.74 Å². The molecule has 0 N–H and O–H groups in total. The molecule has 0 aliphatic heterocycles. The lowest BCUT2D eigenvalue weighted by molar-refractivity contribution is 0.0379. The molecular weight excluding hydrogens is 228 g/mol. The van der Waals surface area contributed by atoms with Gasteiger partial charge in [-0.05, 0) is 56.0 Å². The quantitative estimate of drug-likeness (QED) is 0.606. The van der Waals surface area contributed by atoms with E-state index in [0.717, 1.165) is 25.0 Å². The van der Waals surface area contributed by atoms with Crippen LogP contribution in [0.4, 0.5) is 0 Å². The second-order valence-electron chi connectivity index (χ2n) is 4.38. The maximum absolute atomic E-state index is 11.9. The second kappa shape index (κ2) is 6.24. The van der Waals surface area contributed by atoms with Gasteiger partial charge in [-0.25, -0.2) is 4.79 Å². The van der Waals surface area contributed by atoms with Crippen molar-refractivity contribution in [1.82, 2.24) is 0 Å². The van der Waals surface area contributed by atoms with Gasteiger partial charge in [0.2, 0.25) is 0 Å². The second-order valence-corrected chi connectivity index (χ2v) is 4.38. The van der Waals surface area contributed by atoms with Gasteiger partial charge in [0.25, 0.3) is 0 Å². The number of carbonyl (C=O) groups excluding carboxylic acids is 1. The van der Waals surface area contributed by atoms with Crippen molar-refractivity contribution in [2.45, 2.75) is 31.8 Å². The van der Waals surface area contributed by atoms with Crippen molar-refractivity contribution in [1.29, 1.82) is 0 Å². The molecule has 1 aromatic rings. The summed E-state index contributed by atoms with van der Waals surface area (Å²) in [5.74, 6) is 0.468. The lowest BCUT2D eigenvalue weighted by atomic mass is 10.2. The number of hydrogen-bond donors (Lipinski definition) is 0. The summed E-state index contributed by atoms with van der Waals surface area (Å²) in [6.07, 6.45) is 8.28. The fourth-order valence-corrected chi connectivity index (χ4v) is 1.98. The maximum Gasteiger partial charge on any atom is 0.338 e. The predicted octanol–water partition coefficient (Wildman–Crippen LogP) is 3.35. The minimum atomic E-state index is -0.269. The Balaban J connectivity index is 1.97. The molecule has 18 heavy (non-hydrogen) atoms. The van der Waals surface area contributed by atoms with E-state index in [1.807, 2.05) is 6.08 Å². The monoisotopic (exact) mass is 246 g/mol. The average Bonchev–Trinajstić information content (AvgIpc) is 2.67. The molecular formula is C15H18O3. The molecule has 1 aromatic carbocycles. The number of benzene rings is 1. The molecule has 1 atom stereocenters. The van der Waals surface area contributed by atoms with E-state index in [2.05, 4.69) is 6.08 Å². The first-order valence-electron chi connectivity index (χ1n) is 6.31. The van der Waals surface area contributed by atoms with Crippen LogP contribution in [0.2, 0.25) is 0 Å². The molecule has 0 fully saturated rings. The van der Waals surface area contributed by atoms with Crippen LogP contribution >= 0.6 is 0 Å². The third kappa shape index (κ3) is 3.36. The van der Waals surface area contributed by atoms with Crippen LogP contribution in [0.5, 0.6) is 5.75 Å². The van der Waals surface area contributed by atoms with E-state index in [4.69, 9.17) is 9.47 Å². The van der Waals surface area contributed by atoms with E-state index >= 15 is 0 Å². The highest BCUT2D eigenvalue weighted by atomic mass is 16.5. The number of carbonyl (C=O) groups is 1. The molecule has 0 spiro atoms. The summed E-state index contributed by atoms with van der Waals surface area (Å²) in [7, 11) is 1.60. The van der Waals surface area contributed by atoms with Gasteiger partial charge in [0.1, 0.15) is 11.9 Å². The first-order valence-corrected chi connectivity index (χ1v) is 6.31. The molecule has 1 unspecified atom stereocenters. The van der Waals surface area contributed by atoms with Gasteiger partial charge in [-0.1, -0.05) is 6.08 Å². The first kappa shape index (κ1) is 12.7. The third-order valence-corrected chi connectivity index (χ3v) is 3.04. The van der Waals surface area contributed by atoms with E-state index < -0.39 is 0 Å². The van der Waals surface area contributed by atoms with Gasteiger partial charge < -0.3 is 9.47 Å². The van der Waals surface area contributed by atoms with Crippen LogP contribution in [0.25, 0.3) is 0 Å². The zero-order chi connectivity index (χ0) is 12.8. The van der Waals surface area contributed by atoms with Crippen molar-refractivity contribution >= 4 is 5.97 Å². The molecule has 96 valence electrons. The van der Waals surface area contributed by atoms with Crippen LogP contribution in [-0.2, 0) is 4.74 Å². The normalized spacial score (nSPS) is 19.1. The predicted molar refractivity (Wildman–Crippen MR) is 69.8 cm³/mol. The first-order chi connectivity index (χ1) is 8.79. The highest BCUT2D eigenvalue weighted by Crippen LogP contribution is 2.17. The van der Waals surface area contributed by atoms with Crippen molar-refractivity contribution in [2.24, 2.45) is 0 Å². The van der Waals surface area contributed by atoms with Crippen molar-refractivity contribution in [3.05, 3.63) is 42.0 Å². The summed E-state index contributed by atoms with van der Waals surface area (Å²) >= 11 is 0. The summed E-state index contributed by atoms with van der Waals surface area (Å²) in [6.45, 7) is 0. The Morgan fingerprint density at radius 3 is 2.72 bits per heavy atom. The maximum atomic E-state index is 11.9. The number of rotatable bonds is 3. The SMILES string of the molecule is COc1ccc(C(=O)OC2C=CCCCC2)cc1. The standard InChI is InChI=1S/C15H18O3/c1-17-13-10-8-12(9-11-13)15(16)18-14-6-4-2-3-5-7-14/h4,6,8-11,14H,2-3,5,7H2,1H3. The Morgan fingerprint density at radius 2 is 2.00 bits per heavy atom.